The first kappa shape index (κ1) is 18.6. The molecule has 0 spiro atoms. The third-order valence-corrected chi connectivity index (χ3v) is 4.85. The summed E-state index contributed by atoms with van der Waals surface area (Å²) in [5.74, 6) is -1.06. The Balaban J connectivity index is 2.10. The lowest BCUT2D eigenvalue weighted by Gasteiger charge is -2.49. The maximum atomic E-state index is 12.4. The fourth-order valence-electron chi connectivity index (χ4n) is 2.53. The van der Waals surface area contributed by atoms with E-state index >= 15 is 0 Å². The minimum Gasteiger partial charge on any atom is -0.477 e. The smallest absolute Gasteiger partial charge is 0.408 e. The number of aliphatic carboxylic acids is 1. The summed E-state index contributed by atoms with van der Waals surface area (Å²) in [6, 6.07) is -0.764. The summed E-state index contributed by atoms with van der Waals surface area (Å²) in [4.78, 5) is 37.0. The van der Waals surface area contributed by atoms with E-state index in [-0.39, 0.29) is 5.70 Å². The van der Waals surface area contributed by atoms with Gasteiger partial charge in [0.25, 0.3) is 5.91 Å². The van der Waals surface area contributed by atoms with Gasteiger partial charge in [-0.25, -0.2) is 9.59 Å². The van der Waals surface area contributed by atoms with Crippen molar-refractivity contribution in [1.29, 1.82) is 0 Å². The average molecular weight is 357 g/mol. The van der Waals surface area contributed by atoms with Crippen LogP contribution >= 0.6 is 11.8 Å². The molecule has 0 aromatic carbocycles. The molecule has 2 aliphatic rings. The van der Waals surface area contributed by atoms with Gasteiger partial charge in [-0.15, -0.1) is 11.8 Å². The summed E-state index contributed by atoms with van der Waals surface area (Å²) in [7, 11) is 0. The van der Waals surface area contributed by atoms with Crippen LogP contribution < -0.4 is 10.6 Å². The van der Waals surface area contributed by atoms with Gasteiger partial charge in [-0.2, -0.15) is 0 Å². The van der Waals surface area contributed by atoms with Gasteiger partial charge < -0.3 is 20.5 Å². The largest absolute Gasteiger partial charge is 0.477 e. The maximum Gasteiger partial charge on any atom is 0.408 e. The molecule has 1 saturated heterocycles. The molecule has 3 N–H and O–H groups in total. The summed E-state index contributed by atoms with van der Waals surface area (Å²) < 4.78 is 5.15. The van der Waals surface area contributed by atoms with E-state index in [0.29, 0.717) is 24.4 Å². The predicted molar refractivity (Wildman–Crippen MR) is 89.5 cm³/mol. The van der Waals surface area contributed by atoms with Gasteiger partial charge in [0, 0.05) is 12.3 Å². The van der Waals surface area contributed by atoms with Crippen LogP contribution in [0.5, 0.6) is 0 Å². The quantitative estimate of drug-likeness (QED) is 0.623. The molecule has 0 aromatic heterocycles. The Morgan fingerprint density at radius 2 is 2.08 bits per heavy atom. The number of carboxylic acid groups (broad SMARTS) is 1. The number of hydrogen-bond donors (Lipinski definition) is 3. The molecule has 2 amide bonds. The number of likely N-dealkylation sites (N-methyl/N-ethyl adjacent to an activating group) is 1. The van der Waals surface area contributed by atoms with E-state index in [1.54, 1.807) is 20.8 Å². The molecule has 1 unspecified atom stereocenters. The van der Waals surface area contributed by atoms with Crippen LogP contribution in [0.15, 0.2) is 11.3 Å². The Labute approximate surface area is 145 Å². The number of nitrogens with zero attached hydrogens (tertiary/aromatic N) is 1. The molecular weight excluding hydrogens is 334 g/mol. The fraction of sp³-hybridized carbons (Fsp3) is 0.667. The maximum absolute atomic E-state index is 12.4. The van der Waals surface area contributed by atoms with Crippen molar-refractivity contribution >= 4 is 29.7 Å². The van der Waals surface area contributed by atoms with E-state index in [9.17, 15) is 19.5 Å². The second-order valence-electron chi connectivity index (χ2n) is 6.57. The zero-order valence-electron chi connectivity index (χ0n) is 14.2. The van der Waals surface area contributed by atoms with Crippen LogP contribution in [-0.2, 0) is 14.3 Å². The lowest BCUT2D eigenvalue weighted by atomic mass is 10.0. The molecule has 0 saturated carbocycles. The Morgan fingerprint density at radius 1 is 1.42 bits per heavy atom. The van der Waals surface area contributed by atoms with Gasteiger partial charge >= 0.3 is 12.1 Å². The highest BCUT2D eigenvalue weighted by atomic mass is 32.2. The van der Waals surface area contributed by atoms with Crippen molar-refractivity contribution in [1.82, 2.24) is 15.5 Å². The zero-order chi connectivity index (χ0) is 18.1. The van der Waals surface area contributed by atoms with Crippen molar-refractivity contribution in [2.45, 2.75) is 44.7 Å². The molecule has 2 aliphatic heterocycles. The number of carbonyl (C=O) groups excluding carboxylic acids is 2. The Hall–Kier alpha value is -1.74. The van der Waals surface area contributed by atoms with Crippen LogP contribution in [0.4, 0.5) is 4.79 Å². The third kappa shape index (κ3) is 3.84. The second-order valence-corrected chi connectivity index (χ2v) is 7.68. The van der Waals surface area contributed by atoms with E-state index in [4.69, 9.17) is 4.74 Å². The number of amides is 2. The van der Waals surface area contributed by atoms with Gasteiger partial charge in [0.2, 0.25) is 0 Å². The molecule has 0 radical (unpaired) electrons. The number of rotatable bonds is 5. The van der Waals surface area contributed by atoms with E-state index < -0.39 is 35.0 Å². The number of alkyl carbamates (subject to hydrolysis) is 1. The Kier molecular flexibility index (Phi) is 5.44. The van der Waals surface area contributed by atoms with E-state index in [1.165, 1.54) is 16.7 Å². The summed E-state index contributed by atoms with van der Waals surface area (Å²) in [5, 5.41) is 14.7. The average Bonchev–Trinajstić information content (AvgIpc) is 2.47. The standard InChI is InChI=1S/C15H23N3O5S/c1-5-16-6-8-7-24-12-9(17-14(22)23-15(2,3)4)11(19)18(12)10(8)13(20)21/h9,12,16H,5-7H2,1-4H3,(H,17,22)(H,20,21)/t9?,12-/m0/s1. The number of hydrogen-bond acceptors (Lipinski definition) is 6. The van der Waals surface area contributed by atoms with Crippen molar-refractivity contribution < 1.29 is 24.2 Å². The first-order valence-corrected chi connectivity index (χ1v) is 8.80. The number of carboxylic acids is 1. The van der Waals surface area contributed by atoms with Gasteiger partial charge in [0.15, 0.2) is 0 Å². The van der Waals surface area contributed by atoms with Crippen molar-refractivity contribution in [2.24, 2.45) is 0 Å². The second kappa shape index (κ2) is 7.02. The molecule has 0 bridgehead atoms. The number of carbonyl (C=O) groups is 3. The minimum absolute atomic E-state index is 0.0203. The van der Waals surface area contributed by atoms with Crippen LogP contribution in [0.2, 0.25) is 0 Å². The monoisotopic (exact) mass is 357 g/mol. The summed E-state index contributed by atoms with van der Waals surface area (Å²) in [5.41, 5.74) is 0.0306. The highest BCUT2D eigenvalue weighted by Gasteiger charge is 2.54. The molecule has 8 nitrogen and oxygen atoms in total. The molecule has 0 aliphatic carbocycles. The summed E-state index contributed by atoms with van der Waals surface area (Å²) in [6.45, 7) is 8.25. The van der Waals surface area contributed by atoms with E-state index in [0.717, 1.165) is 0 Å². The third-order valence-electron chi connectivity index (χ3n) is 3.51. The number of thioether (sulfide) groups is 1. The predicted octanol–water partition coefficient (Wildman–Crippen LogP) is 0.743. The van der Waals surface area contributed by atoms with Gasteiger partial charge in [-0.05, 0) is 32.9 Å². The number of ether oxygens (including phenoxy) is 1. The molecular formula is C15H23N3O5S. The highest BCUT2D eigenvalue weighted by molar-refractivity contribution is 8.00. The molecule has 24 heavy (non-hydrogen) atoms. The normalized spacial score (nSPS) is 23.5. The molecule has 1 fully saturated rings. The molecule has 9 heteroatoms. The van der Waals surface area contributed by atoms with Crippen LogP contribution in [0.1, 0.15) is 27.7 Å². The number of fused-ring (bicyclic) bond motifs is 1. The van der Waals surface area contributed by atoms with Gasteiger partial charge in [-0.1, -0.05) is 6.92 Å². The van der Waals surface area contributed by atoms with Crippen molar-refractivity contribution in [3.63, 3.8) is 0 Å². The first-order chi connectivity index (χ1) is 11.2. The SMILES string of the molecule is CCNCC1=C(C(=O)O)N2C(=O)C(NC(=O)OC(C)(C)C)[C@@H]2SC1. The highest BCUT2D eigenvalue weighted by Crippen LogP contribution is 2.40. The van der Waals surface area contributed by atoms with E-state index in [2.05, 4.69) is 10.6 Å². The number of nitrogens with one attached hydrogen (secondary N) is 2. The molecule has 2 atom stereocenters. The van der Waals surface area contributed by atoms with Crippen LogP contribution in [-0.4, -0.2) is 63.8 Å². The van der Waals surface area contributed by atoms with Crippen LogP contribution in [0.3, 0.4) is 0 Å². The molecule has 2 heterocycles. The van der Waals surface area contributed by atoms with Crippen molar-refractivity contribution in [3.8, 4) is 0 Å². The Bertz CT molecular complexity index is 584. The van der Waals surface area contributed by atoms with Crippen molar-refractivity contribution in [2.75, 3.05) is 18.8 Å². The summed E-state index contributed by atoms with van der Waals surface area (Å²) in [6.07, 6.45) is -0.680. The lowest BCUT2D eigenvalue weighted by molar-refractivity contribution is -0.149. The molecule has 2 rings (SSSR count). The Morgan fingerprint density at radius 3 is 2.62 bits per heavy atom. The van der Waals surface area contributed by atoms with Crippen molar-refractivity contribution in [3.05, 3.63) is 11.3 Å². The minimum atomic E-state index is -1.13. The first-order valence-electron chi connectivity index (χ1n) is 7.76. The van der Waals surface area contributed by atoms with Crippen LogP contribution in [0, 0.1) is 0 Å². The number of β-lactam (4-membered cyclic amide) rings is 1. The molecule has 0 aromatic rings. The van der Waals surface area contributed by atoms with Gasteiger partial charge in [0.05, 0.1) is 0 Å². The summed E-state index contributed by atoms with van der Waals surface area (Å²) >= 11 is 1.44. The zero-order valence-corrected chi connectivity index (χ0v) is 15.0. The lowest BCUT2D eigenvalue weighted by Crippen LogP contribution is -2.70. The fourth-order valence-corrected chi connectivity index (χ4v) is 3.88. The van der Waals surface area contributed by atoms with Crippen LogP contribution in [0.25, 0.3) is 0 Å². The topological polar surface area (TPSA) is 108 Å². The molecule has 134 valence electrons. The van der Waals surface area contributed by atoms with Gasteiger partial charge in [0.1, 0.15) is 22.7 Å². The van der Waals surface area contributed by atoms with Gasteiger partial charge in [-0.3, -0.25) is 9.69 Å². The van der Waals surface area contributed by atoms with E-state index in [1.807, 2.05) is 6.92 Å².